The quantitative estimate of drug-likeness (QED) is 0.674. The fourth-order valence-electron chi connectivity index (χ4n) is 3.83. The van der Waals surface area contributed by atoms with E-state index in [2.05, 4.69) is 15.3 Å². The highest BCUT2D eigenvalue weighted by Crippen LogP contribution is 2.23. The molecule has 0 radical (unpaired) electrons. The average molecular weight is 350 g/mol. The molecule has 2 aliphatic rings. The van der Waals surface area contributed by atoms with Crippen LogP contribution < -0.4 is 10.2 Å². The van der Waals surface area contributed by atoms with Crippen molar-refractivity contribution in [2.24, 2.45) is 0 Å². The highest BCUT2D eigenvalue weighted by atomic mass is 16.2. The molecule has 134 valence electrons. The first-order valence-corrected chi connectivity index (χ1v) is 9.19. The minimum absolute atomic E-state index is 0.0709. The van der Waals surface area contributed by atoms with E-state index < -0.39 is 11.7 Å². The van der Waals surface area contributed by atoms with Crippen molar-refractivity contribution in [3.8, 4) is 0 Å². The van der Waals surface area contributed by atoms with Gasteiger partial charge in [0, 0.05) is 37.1 Å². The second-order valence-corrected chi connectivity index (χ2v) is 6.97. The fraction of sp³-hybridized carbons (Fsp3) is 0.400. The number of nitrogens with one attached hydrogen (secondary N) is 1. The zero-order chi connectivity index (χ0) is 17.9. The van der Waals surface area contributed by atoms with E-state index in [4.69, 9.17) is 0 Å². The van der Waals surface area contributed by atoms with Crippen LogP contribution in [0.2, 0.25) is 0 Å². The van der Waals surface area contributed by atoms with Crippen LogP contribution in [0.5, 0.6) is 0 Å². The number of rotatable bonds is 4. The summed E-state index contributed by atoms with van der Waals surface area (Å²) in [5, 5.41) is 2.90. The molecule has 1 N–H and O–H groups in total. The van der Waals surface area contributed by atoms with Crippen molar-refractivity contribution in [3.05, 3.63) is 53.3 Å². The van der Waals surface area contributed by atoms with Gasteiger partial charge in [-0.05, 0) is 55.4 Å². The minimum atomic E-state index is -0.524. The third-order valence-electron chi connectivity index (χ3n) is 5.16. The Kier molecular flexibility index (Phi) is 4.65. The Hall–Kier alpha value is -2.76. The van der Waals surface area contributed by atoms with Gasteiger partial charge in [0.15, 0.2) is 0 Å². The Morgan fingerprint density at radius 3 is 2.73 bits per heavy atom. The van der Waals surface area contributed by atoms with Crippen LogP contribution in [-0.2, 0) is 17.6 Å². The lowest BCUT2D eigenvalue weighted by Gasteiger charge is -2.32. The van der Waals surface area contributed by atoms with Crippen molar-refractivity contribution in [2.45, 2.75) is 38.1 Å². The Balaban J connectivity index is 1.40. The number of aryl methyl sites for hydroxylation is 2. The summed E-state index contributed by atoms with van der Waals surface area (Å²) in [6.45, 7) is 1.47. The number of fused-ring (bicyclic) bond motifs is 1. The molecule has 0 spiro atoms. The van der Waals surface area contributed by atoms with Crippen molar-refractivity contribution in [1.29, 1.82) is 0 Å². The van der Waals surface area contributed by atoms with Gasteiger partial charge in [0.05, 0.1) is 0 Å². The molecule has 2 heterocycles. The normalized spacial score (nSPS) is 19.1. The average Bonchev–Trinajstić information content (AvgIpc) is 3.16. The van der Waals surface area contributed by atoms with Gasteiger partial charge < -0.3 is 10.2 Å². The summed E-state index contributed by atoms with van der Waals surface area (Å²) < 4.78 is 0. The molecule has 1 saturated heterocycles. The first kappa shape index (κ1) is 16.7. The Bertz CT molecular complexity index is 822. The summed E-state index contributed by atoms with van der Waals surface area (Å²) in [7, 11) is 0. The maximum Gasteiger partial charge on any atom is 0.292 e. The predicted molar refractivity (Wildman–Crippen MR) is 98.2 cm³/mol. The highest BCUT2D eigenvalue weighted by Gasteiger charge is 2.26. The molecule has 0 saturated carbocycles. The Morgan fingerprint density at radius 1 is 1.08 bits per heavy atom. The van der Waals surface area contributed by atoms with Crippen molar-refractivity contribution < 1.29 is 9.59 Å². The Labute approximate surface area is 152 Å². The Morgan fingerprint density at radius 2 is 1.88 bits per heavy atom. The van der Waals surface area contributed by atoms with E-state index in [0.717, 1.165) is 38.6 Å². The van der Waals surface area contributed by atoms with Crippen LogP contribution in [0, 0.1) is 0 Å². The molecule has 1 aliphatic heterocycles. The minimum Gasteiger partial charge on any atom is -0.345 e. The fourth-order valence-corrected chi connectivity index (χ4v) is 3.83. The number of anilines is 1. The van der Waals surface area contributed by atoms with Gasteiger partial charge in [-0.15, -0.1) is 0 Å². The van der Waals surface area contributed by atoms with E-state index in [1.54, 1.807) is 24.5 Å². The second-order valence-electron chi connectivity index (χ2n) is 6.97. The van der Waals surface area contributed by atoms with Gasteiger partial charge in [-0.2, -0.15) is 0 Å². The van der Waals surface area contributed by atoms with Crippen LogP contribution in [0.4, 0.5) is 5.95 Å². The van der Waals surface area contributed by atoms with E-state index in [9.17, 15) is 9.59 Å². The number of hydrogen-bond donors (Lipinski definition) is 1. The van der Waals surface area contributed by atoms with Gasteiger partial charge in [-0.25, -0.2) is 9.97 Å². The topological polar surface area (TPSA) is 75.2 Å². The third kappa shape index (κ3) is 3.45. The number of piperidine rings is 1. The summed E-state index contributed by atoms with van der Waals surface area (Å²) in [5.41, 5.74) is 2.99. The number of aromatic nitrogens is 2. The van der Waals surface area contributed by atoms with Crippen LogP contribution in [0.25, 0.3) is 0 Å². The number of benzene rings is 1. The molecule has 1 fully saturated rings. The largest absolute Gasteiger partial charge is 0.345 e. The van der Waals surface area contributed by atoms with E-state index in [-0.39, 0.29) is 6.04 Å². The van der Waals surface area contributed by atoms with E-state index >= 15 is 0 Å². The summed E-state index contributed by atoms with van der Waals surface area (Å²) in [6.07, 6.45) is 8.38. The number of ketones is 1. The number of hydrogen-bond acceptors (Lipinski definition) is 5. The van der Waals surface area contributed by atoms with Crippen molar-refractivity contribution in [3.63, 3.8) is 0 Å². The first-order valence-electron chi connectivity index (χ1n) is 9.19. The van der Waals surface area contributed by atoms with E-state index in [0.29, 0.717) is 18.1 Å². The van der Waals surface area contributed by atoms with Crippen molar-refractivity contribution in [1.82, 2.24) is 15.3 Å². The highest BCUT2D eigenvalue weighted by molar-refractivity contribution is 6.42. The van der Waals surface area contributed by atoms with Crippen molar-refractivity contribution >= 4 is 17.6 Å². The lowest BCUT2D eigenvalue weighted by atomic mass is 10.0. The summed E-state index contributed by atoms with van der Waals surface area (Å²) in [6, 6.07) is 7.35. The summed E-state index contributed by atoms with van der Waals surface area (Å²) in [5.74, 6) is -0.312. The number of Topliss-reactive ketones (excluding diaryl/α,β-unsaturated/α-hetero) is 1. The lowest BCUT2D eigenvalue weighted by molar-refractivity contribution is -0.117. The van der Waals surface area contributed by atoms with Gasteiger partial charge in [0.2, 0.25) is 11.7 Å². The smallest absolute Gasteiger partial charge is 0.292 e. The zero-order valence-corrected chi connectivity index (χ0v) is 14.6. The van der Waals surface area contributed by atoms with Crippen LogP contribution in [0.3, 0.4) is 0 Å². The molecule has 1 atom stereocenters. The number of carbonyl (C=O) groups excluding carboxylic acids is 2. The number of amides is 1. The maximum absolute atomic E-state index is 12.5. The van der Waals surface area contributed by atoms with Gasteiger partial charge in [0.25, 0.3) is 5.91 Å². The molecule has 1 aliphatic carbocycles. The molecule has 6 heteroatoms. The monoisotopic (exact) mass is 350 g/mol. The number of carbonyl (C=O) groups is 2. The van der Waals surface area contributed by atoms with Gasteiger partial charge in [0.1, 0.15) is 0 Å². The standard InChI is InChI=1S/C20H22N4O2/c25-18(16-8-7-14-4-1-5-15(14)12-16)19(26)23-17-6-2-11-24(13-17)20-21-9-3-10-22-20/h3,7-10,12,17H,1-2,4-6,11,13H2,(H,23,26)/t17-/m0/s1. The molecule has 0 unspecified atom stereocenters. The molecule has 26 heavy (non-hydrogen) atoms. The van der Waals surface area contributed by atoms with E-state index in [1.165, 1.54) is 11.1 Å². The molecule has 4 rings (SSSR count). The maximum atomic E-state index is 12.5. The SMILES string of the molecule is O=C(N[C@H]1CCCN(c2ncccn2)C1)C(=O)c1ccc2c(c1)CCC2. The molecule has 0 bridgehead atoms. The number of nitrogens with zero attached hydrogens (tertiary/aromatic N) is 3. The van der Waals surface area contributed by atoms with Crippen LogP contribution in [0.1, 0.15) is 40.7 Å². The third-order valence-corrected chi connectivity index (χ3v) is 5.16. The predicted octanol–water partition coefficient (Wildman–Crippen LogP) is 1.93. The molecule has 6 nitrogen and oxygen atoms in total. The molecule has 1 amide bonds. The van der Waals surface area contributed by atoms with Gasteiger partial charge >= 0.3 is 0 Å². The summed E-state index contributed by atoms with van der Waals surface area (Å²) >= 11 is 0. The van der Waals surface area contributed by atoms with E-state index in [1.807, 2.05) is 17.0 Å². The molecule has 2 aromatic rings. The van der Waals surface area contributed by atoms with Gasteiger partial charge in [-0.1, -0.05) is 12.1 Å². The lowest BCUT2D eigenvalue weighted by Crippen LogP contribution is -2.49. The molecular formula is C20H22N4O2. The van der Waals surface area contributed by atoms with Gasteiger partial charge in [-0.3, -0.25) is 9.59 Å². The van der Waals surface area contributed by atoms with Crippen LogP contribution in [0.15, 0.2) is 36.7 Å². The second kappa shape index (κ2) is 7.23. The molecule has 1 aromatic carbocycles. The first-order chi connectivity index (χ1) is 12.7. The summed E-state index contributed by atoms with van der Waals surface area (Å²) in [4.78, 5) is 35.5. The van der Waals surface area contributed by atoms with Crippen LogP contribution in [-0.4, -0.2) is 40.8 Å². The van der Waals surface area contributed by atoms with Crippen LogP contribution >= 0.6 is 0 Å². The molecule has 1 aromatic heterocycles. The van der Waals surface area contributed by atoms with Crippen molar-refractivity contribution in [2.75, 3.05) is 18.0 Å². The molecular weight excluding hydrogens is 328 g/mol. The zero-order valence-electron chi connectivity index (χ0n) is 14.6.